The number of benzene rings is 2. The standard InChI is InChI=1S/C22H23ClN2O3/c1-13(2)12-18-19-20(28-25(18)15-8-5-4-6-9-15)22(27)24(21(19)26)17-11-7-10-16(23)14(17)3/h4-11,13,18-20H,12H2,1-3H3/t18-,19-,20-/m1/s1. The van der Waals surface area contributed by atoms with Crippen LogP contribution in [0.1, 0.15) is 25.8 Å². The van der Waals surface area contributed by atoms with Crippen molar-refractivity contribution in [2.75, 3.05) is 9.96 Å². The van der Waals surface area contributed by atoms with Gasteiger partial charge in [0, 0.05) is 5.02 Å². The third-order valence-corrected chi connectivity index (χ3v) is 5.85. The fourth-order valence-corrected chi connectivity index (χ4v) is 4.29. The normalized spacial score (nSPS) is 24.4. The van der Waals surface area contributed by atoms with Crippen LogP contribution in [0.2, 0.25) is 5.02 Å². The van der Waals surface area contributed by atoms with Gasteiger partial charge < -0.3 is 0 Å². The Balaban J connectivity index is 1.72. The second-order valence-electron chi connectivity index (χ2n) is 7.81. The van der Waals surface area contributed by atoms with E-state index in [1.807, 2.05) is 37.3 Å². The van der Waals surface area contributed by atoms with Crippen LogP contribution in [0.4, 0.5) is 11.4 Å². The molecule has 0 saturated carbocycles. The molecule has 4 rings (SSSR count). The third kappa shape index (κ3) is 2.99. The molecule has 0 N–H and O–H groups in total. The highest BCUT2D eigenvalue weighted by atomic mass is 35.5. The summed E-state index contributed by atoms with van der Waals surface area (Å²) in [6, 6.07) is 14.7. The van der Waals surface area contributed by atoms with Gasteiger partial charge in [0.15, 0.2) is 6.10 Å². The third-order valence-electron chi connectivity index (χ3n) is 5.44. The molecule has 2 heterocycles. The highest BCUT2D eigenvalue weighted by molar-refractivity contribution is 6.32. The first kappa shape index (κ1) is 19.0. The Bertz CT molecular complexity index is 915. The fraction of sp³-hybridized carbons (Fsp3) is 0.364. The van der Waals surface area contributed by atoms with Gasteiger partial charge in [-0.25, -0.2) is 9.96 Å². The SMILES string of the molecule is Cc1c(Cl)cccc1N1C(=O)[C@@H]2[C@@H](CC(C)C)N(c3ccccc3)O[C@H]2C1=O. The molecule has 0 aromatic heterocycles. The fourth-order valence-electron chi connectivity index (χ4n) is 4.12. The van der Waals surface area contributed by atoms with Crippen molar-refractivity contribution in [2.24, 2.45) is 11.8 Å². The zero-order chi connectivity index (χ0) is 20.0. The van der Waals surface area contributed by atoms with E-state index in [4.69, 9.17) is 16.4 Å². The second-order valence-corrected chi connectivity index (χ2v) is 8.21. The summed E-state index contributed by atoms with van der Waals surface area (Å²) in [5, 5.41) is 2.29. The van der Waals surface area contributed by atoms with Crippen molar-refractivity contribution < 1.29 is 14.4 Å². The van der Waals surface area contributed by atoms with Crippen LogP contribution < -0.4 is 9.96 Å². The number of carbonyl (C=O) groups excluding carboxylic acids is 2. The lowest BCUT2D eigenvalue weighted by Crippen LogP contribution is -2.41. The Labute approximate surface area is 169 Å². The number of anilines is 2. The van der Waals surface area contributed by atoms with E-state index < -0.39 is 12.0 Å². The lowest BCUT2D eigenvalue weighted by Gasteiger charge is -2.29. The number of rotatable bonds is 4. The summed E-state index contributed by atoms with van der Waals surface area (Å²) in [6.45, 7) is 6.03. The molecule has 2 saturated heterocycles. The Morgan fingerprint density at radius 1 is 1.04 bits per heavy atom. The summed E-state index contributed by atoms with van der Waals surface area (Å²) in [4.78, 5) is 33.9. The van der Waals surface area contributed by atoms with Crippen LogP contribution in [0.15, 0.2) is 48.5 Å². The van der Waals surface area contributed by atoms with Gasteiger partial charge in [-0.2, -0.15) is 0 Å². The number of hydroxylamine groups is 1. The zero-order valence-corrected chi connectivity index (χ0v) is 16.9. The van der Waals surface area contributed by atoms with E-state index in [9.17, 15) is 9.59 Å². The van der Waals surface area contributed by atoms with E-state index in [1.165, 1.54) is 4.90 Å². The Kier molecular flexibility index (Phi) is 4.89. The molecule has 0 aliphatic carbocycles. The molecule has 146 valence electrons. The van der Waals surface area contributed by atoms with Crippen molar-refractivity contribution in [3.05, 3.63) is 59.1 Å². The van der Waals surface area contributed by atoms with Gasteiger partial charge in [0.1, 0.15) is 0 Å². The molecule has 3 atom stereocenters. The van der Waals surface area contributed by atoms with Crippen molar-refractivity contribution in [2.45, 2.75) is 39.3 Å². The van der Waals surface area contributed by atoms with Crippen molar-refractivity contribution in [1.29, 1.82) is 0 Å². The number of carbonyl (C=O) groups is 2. The lowest BCUT2D eigenvalue weighted by atomic mass is 9.90. The average molecular weight is 399 g/mol. The molecule has 2 aliphatic rings. The highest BCUT2D eigenvalue weighted by Gasteiger charge is 2.59. The molecule has 0 bridgehead atoms. The number of fused-ring (bicyclic) bond motifs is 1. The average Bonchev–Trinajstić information content (AvgIpc) is 3.15. The molecule has 2 aromatic rings. The molecule has 2 aliphatic heterocycles. The van der Waals surface area contributed by atoms with E-state index in [0.29, 0.717) is 22.2 Å². The van der Waals surface area contributed by atoms with Gasteiger partial charge in [0.05, 0.1) is 23.3 Å². The van der Waals surface area contributed by atoms with Crippen LogP contribution in [0.3, 0.4) is 0 Å². The van der Waals surface area contributed by atoms with Gasteiger partial charge in [-0.3, -0.25) is 14.4 Å². The van der Waals surface area contributed by atoms with E-state index in [2.05, 4.69) is 13.8 Å². The summed E-state index contributed by atoms with van der Waals surface area (Å²) in [5.74, 6) is -0.728. The van der Waals surface area contributed by atoms with Crippen LogP contribution >= 0.6 is 11.6 Å². The molecule has 5 nitrogen and oxygen atoms in total. The summed E-state index contributed by atoms with van der Waals surface area (Å²) >= 11 is 6.22. The van der Waals surface area contributed by atoms with E-state index >= 15 is 0 Å². The Hall–Kier alpha value is -2.37. The van der Waals surface area contributed by atoms with Gasteiger partial charge in [-0.1, -0.05) is 49.7 Å². The molecular formula is C22H23ClN2O3. The van der Waals surface area contributed by atoms with Crippen LogP contribution in [0.5, 0.6) is 0 Å². The van der Waals surface area contributed by atoms with Gasteiger partial charge in [0.2, 0.25) is 5.91 Å². The number of imide groups is 1. The molecule has 2 aromatic carbocycles. The Morgan fingerprint density at radius 3 is 2.43 bits per heavy atom. The molecule has 0 radical (unpaired) electrons. The molecule has 6 heteroatoms. The summed E-state index contributed by atoms with van der Waals surface area (Å²) < 4.78 is 0. The second kappa shape index (κ2) is 7.22. The van der Waals surface area contributed by atoms with Gasteiger partial charge in [0.25, 0.3) is 5.91 Å². The number of hydrogen-bond acceptors (Lipinski definition) is 4. The minimum absolute atomic E-state index is 0.201. The van der Waals surface area contributed by atoms with Gasteiger partial charge in [-0.05, 0) is 49.1 Å². The molecule has 0 unspecified atom stereocenters. The largest absolute Gasteiger partial charge is 0.273 e. The maximum atomic E-state index is 13.4. The van der Waals surface area contributed by atoms with E-state index in [1.54, 1.807) is 23.3 Å². The maximum absolute atomic E-state index is 13.4. The number of halogens is 1. The quantitative estimate of drug-likeness (QED) is 0.717. The molecule has 2 amide bonds. The van der Waals surface area contributed by atoms with Gasteiger partial charge >= 0.3 is 0 Å². The van der Waals surface area contributed by atoms with E-state index in [-0.39, 0.29) is 17.9 Å². The number of amides is 2. The predicted molar refractivity (Wildman–Crippen MR) is 109 cm³/mol. The van der Waals surface area contributed by atoms with Crippen LogP contribution in [0.25, 0.3) is 0 Å². The molecule has 2 fully saturated rings. The number of nitrogens with zero attached hydrogens (tertiary/aromatic N) is 2. The van der Waals surface area contributed by atoms with Crippen LogP contribution in [-0.2, 0) is 14.4 Å². The zero-order valence-electron chi connectivity index (χ0n) is 16.1. The highest BCUT2D eigenvalue weighted by Crippen LogP contribution is 2.43. The number of hydrogen-bond donors (Lipinski definition) is 0. The van der Waals surface area contributed by atoms with Gasteiger partial charge in [-0.15, -0.1) is 0 Å². The van der Waals surface area contributed by atoms with Crippen molar-refractivity contribution >= 4 is 34.8 Å². The number of para-hydroxylation sites is 1. The summed E-state index contributed by atoms with van der Waals surface area (Å²) in [6.07, 6.45) is -0.0629. The minimum Gasteiger partial charge on any atom is -0.273 e. The molecular weight excluding hydrogens is 376 g/mol. The molecule has 28 heavy (non-hydrogen) atoms. The predicted octanol–water partition coefficient (Wildman–Crippen LogP) is 4.37. The Morgan fingerprint density at radius 2 is 1.75 bits per heavy atom. The van der Waals surface area contributed by atoms with Crippen molar-refractivity contribution in [3.8, 4) is 0 Å². The maximum Gasteiger partial charge on any atom is 0.266 e. The van der Waals surface area contributed by atoms with Crippen LogP contribution in [-0.4, -0.2) is 24.0 Å². The monoisotopic (exact) mass is 398 g/mol. The van der Waals surface area contributed by atoms with Crippen molar-refractivity contribution in [1.82, 2.24) is 0 Å². The topological polar surface area (TPSA) is 49.9 Å². The molecule has 0 spiro atoms. The van der Waals surface area contributed by atoms with E-state index in [0.717, 1.165) is 12.1 Å². The first-order chi connectivity index (χ1) is 13.4. The minimum atomic E-state index is -0.810. The lowest BCUT2D eigenvalue weighted by molar-refractivity contribution is -0.126. The smallest absolute Gasteiger partial charge is 0.266 e. The van der Waals surface area contributed by atoms with Crippen LogP contribution in [0, 0.1) is 18.8 Å². The first-order valence-electron chi connectivity index (χ1n) is 9.54. The summed E-state index contributed by atoms with van der Waals surface area (Å²) in [5.41, 5.74) is 2.11. The first-order valence-corrected chi connectivity index (χ1v) is 9.92. The summed E-state index contributed by atoms with van der Waals surface area (Å²) in [7, 11) is 0. The van der Waals surface area contributed by atoms with Crippen molar-refractivity contribution in [3.63, 3.8) is 0 Å².